The maximum absolute atomic E-state index is 13.6. The van der Waals surface area contributed by atoms with Crippen LogP contribution in [0.5, 0.6) is 5.75 Å². The lowest BCUT2D eigenvalue weighted by molar-refractivity contribution is -0.121. The topological polar surface area (TPSA) is 67.4 Å². The molecule has 5 nitrogen and oxygen atoms in total. The summed E-state index contributed by atoms with van der Waals surface area (Å²) in [5.41, 5.74) is 1.01. The molecule has 0 aliphatic rings. The number of rotatable bonds is 8. The van der Waals surface area contributed by atoms with Gasteiger partial charge in [-0.15, -0.1) is 0 Å². The minimum atomic E-state index is -0.848. The van der Waals surface area contributed by atoms with Gasteiger partial charge in [-0.3, -0.25) is 9.59 Å². The third-order valence-electron chi connectivity index (χ3n) is 4.23. The highest BCUT2D eigenvalue weighted by molar-refractivity contribution is 6.04. The van der Waals surface area contributed by atoms with E-state index in [1.165, 1.54) is 0 Å². The van der Waals surface area contributed by atoms with Gasteiger partial charge in [0.2, 0.25) is 5.91 Å². The number of ether oxygens (including phenoxy) is 1. The Labute approximate surface area is 172 Å². The molecule has 30 heavy (non-hydrogen) atoms. The molecular formula is C23H20F2N2O3. The van der Waals surface area contributed by atoms with Crippen LogP contribution in [-0.4, -0.2) is 18.4 Å². The van der Waals surface area contributed by atoms with Crippen LogP contribution in [0.25, 0.3) is 0 Å². The molecule has 0 radical (unpaired) electrons. The van der Waals surface area contributed by atoms with Crippen molar-refractivity contribution in [3.63, 3.8) is 0 Å². The molecule has 0 aromatic heterocycles. The Morgan fingerprint density at radius 2 is 1.63 bits per heavy atom. The summed E-state index contributed by atoms with van der Waals surface area (Å²) in [6.45, 7) is 0.577. The standard InChI is InChI=1S/C23H20F2N2O3/c24-18-10-11-21(20(25)14-18)27-23(29)17-8-6-16(7-9-17)15-26-22(28)12-13-30-19-4-2-1-3-5-19/h1-11,14H,12-13,15H2,(H,26,28)(H,27,29). The minimum Gasteiger partial charge on any atom is -0.493 e. The summed E-state index contributed by atoms with van der Waals surface area (Å²) in [4.78, 5) is 24.1. The molecule has 0 atom stereocenters. The molecule has 0 saturated heterocycles. The van der Waals surface area contributed by atoms with Crippen molar-refractivity contribution in [3.05, 3.63) is 95.6 Å². The summed E-state index contributed by atoms with van der Waals surface area (Å²) < 4.78 is 32.1. The highest BCUT2D eigenvalue weighted by Gasteiger charge is 2.10. The maximum Gasteiger partial charge on any atom is 0.255 e. The average Bonchev–Trinajstić information content (AvgIpc) is 2.75. The molecule has 7 heteroatoms. The van der Waals surface area contributed by atoms with Gasteiger partial charge in [0, 0.05) is 18.2 Å². The molecular weight excluding hydrogens is 390 g/mol. The number of amides is 2. The molecule has 0 aliphatic carbocycles. The first-order chi connectivity index (χ1) is 14.5. The first-order valence-corrected chi connectivity index (χ1v) is 9.31. The number of nitrogens with one attached hydrogen (secondary N) is 2. The third-order valence-corrected chi connectivity index (χ3v) is 4.23. The molecule has 3 aromatic carbocycles. The Morgan fingerprint density at radius 3 is 2.33 bits per heavy atom. The van der Waals surface area contributed by atoms with E-state index in [1.54, 1.807) is 24.3 Å². The average molecular weight is 410 g/mol. The molecule has 2 N–H and O–H groups in total. The van der Waals surface area contributed by atoms with Gasteiger partial charge in [0.15, 0.2) is 0 Å². The second kappa shape index (κ2) is 10.2. The number of benzene rings is 3. The highest BCUT2D eigenvalue weighted by atomic mass is 19.1. The van der Waals surface area contributed by atoms with Crippen molar-refractivity contribution in [2.24, 2.45) is 0 Å². The number of carbonyl (C=O) groups excluding carboxylic acids is 2. The molecule has 2 amide bonds. The fraction of sp³-hybridized carbons (Fsp3) is 0.130. The summed E-state index contributed by atoms with van der Waals surface area (Å²) in [6, 6.07) is 18.7. The predicted molar refractivity (Wildman–Crippen MR) is 109 cm³/mol. The molecule has 0 unspecified atom stereocenters. The quantitative estimate of drug-likeness (QED) is 0.582. The van der Waals surface area contributed by atoms with Crippen molar-refractivity contribution in [3.8, 4) is 5.75 Å². The lowest BCUT2D eigenvalue weighted by Crippen LogP contribution is -2.24. The zero-order chi connectivity index (χ0) is 21.3. The molecule has 154 valence electrons. The van der Waals surface area contributed by atoms with Gasteiger partial charge in [-0.05, 0) is 42.0 Å². The van der Waals surface area contributed by atoms with Crippen molar-refractivity contribution in [1.82, 2.24) is 5.32 Å². The molecule has 0 spiro atoms. The number of carbonyl (C=O) groups is 2. The Kier molecular flexibility index (Phi) is 7.10. The fourth-order valence-electron chi connectivity index (χ4n) is 2.63. The molecule has 0 heterocycles. The van der Waals surface area contributed by atoms with E-state index in [1.807, 2.05) is 30.3 Å². The van der Waals surface area contributed by atoms with Crippen LogP contribution in [0, 0.1) is 11.6 Å². The van der Waals surface area contributed by atoms with Crippen molar-refractivity contribution in [2.45, 2.75) is 13.0 Å². The lowest BCUT2D eigenvalue weighted by atomic mass is 10.1. The van der Waals surface area contributed by atoms with Gasteiger partial charge in [-0.1, -0.05) is 30.3 Å². The van der Waals surface area contributed by atoms with E-state index in [4.69, 9.17) is 4.74 Å². The highest BCUT2D eigenvalue weighted by Crippen LogP contribution is 2.16. The maximum atomic E-state index is 13.6. The van der Waals surface area contributed by atoms with E-state index < -0.39 is 17.5 Å². The Hall–Kier alpha value is -3.74. The number of hydrogen-bond donors (Lipinski definition) is 2. The number of halogens is 2. The van der Waals surface area contributed by atoms with Gasteiger partial charge in [-0.25, -0.2) is 8.78 Å². The minimum absolute atomic E-state index is 0.101. The van der Waals surface area contributed by atoms with Crippen LogP contribution in [0.2, 0.25) is 0 Å². The van der Waals surface area contributed by atoms with E-state index in [2.05, 4.69) is 10.6 Å². The van der Waals surface area contributed by atoms with Gasteiger partial charge in [0.1, 0.15) is 17.4 Å². The Balaban J connectivity index is 1.44. The zero-order valence-corrected chi connectivity index (χ0v) is 16.0. The largest absolute Gasteiger partial charge is 0.493 e. The Bertz CT molecular complexity index is 1010. The van der Waals surface area contributed by atoms with Crippen LogP contribution in [0.3, 0.4) is 0 Å². The van der Waals surface area contributed by atoms with E-state index in [0.29, 0.717) is 23.9 Å². The van der Waals surface area contributed by atoms with E-state index in [-0.39, 0.29) is 24.6 Å². The molecule has 3 aromatic rings. The van der Waals surface area contributed by atoms with Gasteiger partial charge in [0.05, 0.1) is 18.7 Å². The van der Waals surface area contributed by atoms with Crippen LogP contribution >= 0.6 is 0 Å². The van der Waals surface area contributed by atoms with Crippen molar-refractivity contribution >= 4 is 17.5 Å². The van der Waals surface area contributed by atoms with Crippen molar-refractivity contribution in [1.29, 1.82) is 0 Å². The summed E-state index contributed by atoms with van der Waals surface area (Å²) in [6.07, 6.45) is 0.221. The second-order valence-corrected chi connectivity index (χ2v) is 6.46. The second-order valence-electron chi connectivity index (χ2n) is 6.46. The SMILES string of the molecule is O=C(CCOc1ccccc1)NCc1ccc(C(=O)Nc2ccc(F)cc2F)cc1. The Morgan fingerprint density at radius 1 is 0.900 bits per heavy atom. The first kappa shape index (κ1) is 21.0. The van der Waals surface area contributed by atoms with Crippen LogP contribution in [0.4, 0.5) is 14.5 Å². The van der Waals surface area contributed by atoms with Gasteiger partial charge in [-0.2, -0.15) is 0 Å². The van der Waals surface area contributed by atoms with Crippen LogP contribution in [-0.2, 0) is 11.3 Å². The van der Waals surface area contributed by atoms with Crippen LogP contribution in [0.15, 0.2) is 72.8 Å². The summed E-state index contributed by atoms with van der Waals surface area (Å²) in [5.74, 6) is -1.53. The molecule has 0 bridgehead atoms. The molecule has 0 aliphatic heterocycles. The van der Waals surface area contributed by atoms with Crippen LogP contribution in [0.1, 0.15) is 22.3 Å². The van der Waals surface area contributed by atoms with Gasteiger partial charge < -0.3 is 15.4 Å². The third kappa shape index (κ3) is 6.13. The normalized spacial score (nSPS) is 10.3. The lowest BCUT2D eigenvalue weighted by Gasteiger charge is -2.09. The number of hydrogen-bond acceptors (Lipinski definition) is 3. The van der Waals surface area contributed by atoms with E-state index in [0.717, 1.165) is 17.7 Å². The molecule has 0 saturated carbocycles. The monoisotopic (exact) mass is 410 g/mol. The summed E-state index contributed by atoms with van der Waals surface area (Å²) in [5, 5.41) is 5.18. The van der Waals surface area contributed by atoms with Crippen LogP contribution < -0.4 is 15.4 Å². The predicted octanol–water partition coefficient (Wildman–Crippen LogP) is 4.30. The fourth-order valence-corrected chi connectivity index (χ4v) is 2.63. The van der Waals surface area contributed by atoms with E-state index >= 15 is 0 Å². The molecule has 0 fully saturated rings. The summed E-state index contributed by atoms with van der Waals surface area (Å²) in [7, 11) is 0. The number of anilines is 1. The molecule has 3 rings (SSSR count). The van der Waals surface area contributed by atoms with Gasteiger partial charge >= 0.3 is 0 Å². The summed E-state index contributed by atoms with van der Waals surface area (Å²) >= 11 is 0. The van der Waals surface area contributed by atoms with E-state index in [9.17, 15) is 18.4 Å². The van der Waals surface area contributed by atoms with Crippen molar-refractivity contribution in [2.75, 3.05) is 11.9 Å². The van der Waals surface area contributed by atoms with Crippen molar-refractivity contribution < 1.29 is 23.1 Å². The number of para-hydroxylation sites is 1. The smallest absolute Gasteiger partial charge is 0.255 e. The first-order valence-electron chi connectivity index (χ1n) is 9.31. The zero-order valence-electron chi connectivity index (χ0n) is 16.0. The van der Waals surface area contributed by atoms with Gasteiger partial charge in [0.25, 0.3) is 5.91 Å².